The Morgan fingerprint density at radius 2 is 1.86 bits per heavy atom. The highest BCUT2D eigenvalue weighted by Crippen LogP contribution is 2.15. The second-order valence-electron chi connectivity index (χ2n) is 5.00. The third-order valence-corrected chi connectivity index (χ3v) is 3.16. The van der Waals surface area contributed by atoms with Gasteiger partial charge in [0.25, 0.3) is 0 Å². The molecule has 3 N–H and O–H groups in total. The summed E-state index contributed by atoms with van der Waals surface area (Å²) in [5, 5.41) is 7.42. The quantitative estimate of drug-likeness (QED) is 0.657. The first-order valence-corrected chi connectivity index (χ1v) is 6.52. The van der Waals surface area contributed by atoms with Crippen LogP contribution in [0.1, 0.15) is 16.7 Å². The molecule has 0 fully saturated rings. The van der Waals surface area contributed by atoms with E-state index in [1.54, 1.807) is 12.1 Å². The molecule has 0 unspecified atom stereocenters. The predicted molar refractivity (Wildman–Crippen MR) is 79.0 cm³/mol. The standard InChI is InChI=1S/C16H17F2N3/c1-21(10-13-6-3-7-14(17)15(13)18)9-11-4-2-5-12(8-11)16(19)20/h2-8H,9-10H2,1H3,(H3,19,20). The zero-order valence-corrected chi connectivity index (χ0v) is 11.7. The minimum atomic E-state index is -0.834. The molecule has 0 aliphatic carbocycles. The maximum Gasteiger partial charge on any atom is 0.163 e. The molecule has 2 aromatic carbocycles. The van der Waals surface area contributed by atoms with Crippen molar-refractivity contribution in [3.63, 3.8) is 0 Å². The number of nitrogens with zero attached hydrogens (tertiary/aromatic N) is 1. The fourth-order valence-corrected chi connectivity index (χ4v) is 2.17. The van der Waals surface area contributed by atoms with Crippen LogP contribution >= 0.6 is 0 Å². The summed E-state index contributed by atoms with van der Waals surface area (Å²) in [6.45, 7) is 0.852. The summed E-state index contributed by atoms with van der Waals surface area (Å²) >= 11 is 0. The normalized spacial score (nSPS) is 10.9. The molecule has 0 saturated carbocycles. The van der Waals surface area contributed by atoms with Gasteiger partial charge in [0.05, 0.1) is 0 Å². The predicted octanol–water partition coefficient (Wildman–Crippen LogP) is 2.88. The highest BCUT2D eigenvalue weighted by atomic mass is 19.2. The molecular weight excluding hydrogens is 272 g/mol. The maximum atomic E-state index is 13.6. The van der Waals surface area contributed by atoms with Gasteiger partial charge in [0, 0.05) is 24.2 Å². The average molecular weight is 289 g/mol. The lowest BCUT2D eigenvalue weighted by Gasteiger charge is -2.17. The van der Waals surface area contributed by atoms with E-state index in [2.05, 4.69) is 0 Å². The second kappa shape index (κ2) is 6.45. The summed E-state index contributed by atoms with van der Waals surface area (Å²) in [6.07, 6.45) is 0. The van der Waals surface area contributed by atoms with Crippen molar-refractivity contribution in [3.05, 3.63) is 70.8 Å². The van der Waals surface area contributed by atoms with Crippen LogP contribution in [0.3, 0.4) is 0 Å². The molecule has 0 atom stereocenters. The van der Waals surface area contributed by atoms with Gasteiger partial charge in [0.1, 0.15) is 5.84 Å². The lowest BCUT2D eigenvalue weighted by molar-refractivity contribution is 0.311. The third kappa shape index (κ3) is 3.86. The van der Waals surface area contributed by atoms with Crippen molar-refractivity contribution >= 4 is 5.84 Å². The fraction of sp³-hybridized carbons (Fsp3) is 0.188. The van der Waals surface area contributed by atoms with E-state index in [0.29, 0.717) is 24.2 Å². The first-order chi connectivity index (χ1) is 9.97. The van der Waals surface area contributed by atoms with Gasteiger partial charge in [-0.15, -0.1) is 0 Å². The Kier molecular flexibility index (Phi) is 4.65. The van der Waals surface area contributed by atoms with Crippen LogP contribution in [0.4, 0.5) is 8.78 Å². The van der Waals surface area contributed by atoms with E-state index < -0.39 is 11.6 Å². The van der Waals surface area contributed by atoms with Crippen molar-refractivity contribution in [1.82, 2.24) is 4.90 Å². The number of nitrogens with two attached hydrogens (primary N) is 1. The molecule has 110 valence electrons. The molecule has 0 aromatic heterocycles. The summed E-state index contributed by atoms with van der Waals surface area (Å²) in [7, 11) is 1.82. The van der Waals surface area contributed by atoms with Gasteiger partial charge >= 0.3 is 0 Å². The van der Waals surface area contributed by atoms with Crippen molar-refractivity contribution in [2.75, 3.05) is 7.05 Å². The average Bonchev–Trinajstić information content (AvgIpc) is 2.44. The summed E-state index contributed by atoms with van der Waals surface area (Å²) in [5.41, 5.74) is 7.38. The highest BCUT2D eigenvalue weighted by Gasteiger charge is 2.10. The van der Waals surface area contributed by atoms with Gasteiger partial charge in [0.2, 0.25) is 0 Å². The summed E-state index contributed by atoms with van der Waals surface area (Å²) < 4.78 is 26.8. The number of hydrogen-bond acceptors (Lipinski definition) is 2. The summed E-state index contributed by atoms with van der Waals surface area (Å²) in [5.74, 6) is -1.63. The van der Waals surface area contributed by atoms with E-state index in [1.807, 2.05) is 30.1 Å². The van der Waals surface area contributed by atoms with Crippen molar-refractivity contribution in [2.24, 2.45) is 5.73 Å². The number of rotatable bonds is 5. The van der Waals surface area contributed by atoms with Crippen LogP contribution in [0.15, 0.2) is 42.5 Å². The van der Waals surface area contributed by atoms with E-state index in [9.17, 15) is 8.78 Å². The molecule has 0 amide bonds. The molecule has 0 aliphatic rings. The number of amidine groups is 1. The summed E-state index contributed by atoms with van der Waals surface area (Å²) in [4.78, 5) is 1.87. The lowest BCUT2D eigenvalue weighted by atomic mass is 10.1. The monoisotopic (exact) mass is 289 g/mol. The number of nitrogens with one attached hydrogen (secondary N) is 1. The Hall–Kier alpha value is -2.27. The van der Waals surface area contributed by atoms with Crippen molar-refractivity contribution in [1.29, 1.82) is 5.41 Å². The van der Waals surface area contributed by atoms with Gasteiger partial charge in [-0.2, -0.15) is 0 Å². The molecule has 0 bridgehead atoms. The molecule has 2 rings (SSSR count). The molecule has 0 aliphatic heterocycles. The minimum absolute atomic E-state index is 0.00989. The Labute approximate surface area is 122 Å². The number of hydrogen-bond donors (Lipinski definition) is 2. The first-order valence-electron chi connectivity index (χ1n) is 6.52. The second-order valence-corrected chi connectivity index (χ2v) is 5.00. The third-order valence-electron chi connectivity index (χ3n) is 3.16. The Morgan fingerprint density at radius 1 is 1.14 bits per heavy atom. The van der Waals surface area contributed by atoms with Gasteiger partial charge in [-0.1, -0.05) is 30.3 Å². The molecule has 2 aromatic rings. The lowest BCUT2D eigenvalue weighted by Crippen LogP contribution is -2.19. The van der Waals surface area contributed by atoms with E-state index >= 15 is 0 Å². The topological polar surface area (TPSA) is 53.1 Å². The number of nitrogen functional groups attached to an aromatic ring is 1. The van der Waals surface area contributed by atoms with Gasteiger partial charge in [0.15, 0.2) is 11.6 Å². The molecule has 21 heavy (non-hydrogen) atoms. The molecule has 3 nitrogen and oxygen atoms in total. The van der Waals surface area contributed by atoms with Crippen molar-refractivity contribution in [2.45, 2.75) is 13.1 Å². The molecule has 0 spiro atoms. The zero-order valence-electron chi connectivity index (χ0n) is 11.7. The first kappa shape index (κ1) is 15.1. The van der Waals surface area contributed by atoms with Crippen LogP contribution in [0.2, 0.25) is 0 Å². The number of benzene rings is 2. The Morgan fingerprint density at radius 3 is 2.57 bits per heavy atom. The molecule has 0 heterocycles. The van der Waals surface area contributed by atoms with Gasteiger partial charge in [-0.3, -0.25) is 10.3 Å². The van der Waals surface area contributed by atoms with Gasteiger partial charge in [-0.25, -0.2) is 8.78 Å². The molecule has 0 saturated heterocycles. The SMILES string of the molecule is CN(Cc1cccc(C(=N)N)c1)Cc1cccc(F)c1F. The van der Waals surface area contributed by atoms with E-state index in [1.165, 1.54) is 6.07 Å². The van der Waals surface area contributed by atoms with Crippen LogP contribution in [0, 0.1) is 17.0 Å². The number of halogens is 2. The van der Waals surface area contributed by atoms with Gasteiger partial charge < -0.3 is 5.73 Å². The molecule has 5 heteroatoms. The molecule has 0 radical (unpaired) electrons. The van der Waals surface area contributed by atoms with Crippen LogP contribution in [-0.4, -0.2) is 17.8 Å². The summed E-state index contributed by atoms with van der Waals surface area (Å²) in [6, 6.07) is 11.5. The highest BCUT2D eigenvalue weighted by molar-refractivity contribution is 5.95. The van der Waals surface area contributed by atoms with Crippen LogP contribution in [-0.2, 0) is 13.1 Å². The van der Waals surface area contributed by atoms with Crippen molar-refractivity contribution < 1.29 is 8.78 Å². The van der Waals surface area contributed by atoms with Crippen LogP contribution < -0.4 is 5.73 Å². The minimum Gasteiger partial charge on any atom is -0.384 e. The van der Waals surface area contributed by atoms with E-state index in [-0.39, 0.29) is 5.84 Å². The van der Waals surface area contributed by atoms with Crippen LogP contribution in [0.25, 0.3) is 0 Å². The maximum absolute atomic E-state index is 13.6. The van der Waals surface area contributed by atoms with E-state index in [0.717, 1.165) is 11.6 Å². The van der Waals surface area contributed by atoms with Crippen molar-refractivity contribution in [3.8, 4) is 0 Å². The Balaban J connectivity index is 2.08. The molecular formula is C16H17F2N3. The van der Waals surface area contributed by atoms with Crippen LogP contribution in [0.5, 0.6) is 0 Å². The van der Waals surface area contributed by atoms with E-state index in [4.69, 9.17) is 11.1 Å². The fourth-order valence-electron chi connectivity index (χ4n) is 2.17. The zero-order chi connectivity index (χ0) is 15.4. The largest absolute Gasteiger partial charge is 0.384 e. The Bertz CT molecular complexity index is 656. The van der Waals surface area contributed by atoms with Gasteiger partial charge in [-0.05, 0) is 24.7 Å². The smallest absolute Gasteiger partial charge is 0.163 e.